The van der Waals surface area contributed by atoms with Crippen molar-refractivity contribution < 1.29 is 4.42 Å². The molecular weight excluding hydrogens is 198 g/mol. The Morgan fingerprint density at radius 2 is 1.81 bits per heavy atom. The Kier molecular flexibility index (Phi) is 2.07. The molecule has 0 saturated heterocycles. The molecular formula is C14H13NO. The van der Waals surface area contributed by atoms with Gasteiger partial charge in [-0.2, -0.15) is 0 Å². The van der Waals surface area contributed by atoms with Gasteiger partial charge in [0.05, 0.1) is 0 Å². The second-order valence-corrected chi connectivity index (χ2v) is 3.84. The lowest BCUT2D eigenvalue weighted by Crippen LogP contribution is -1.95. The zero-order valence-electron chi connectivity index (χ0n) is 9.16. The first kappa shape index (κ1) is 9.28. The fourth-order valence-corrected chi connectivity index (χ4v) is 2.04. The van der Waals surface area contributed by atoms with Crippen LogP contribution >= 0.6 is 0 Å². The maximum absolute atomic E-state index is 5.76. The third-order valence-corrected chi connectivity index (χ3v) is 2.76. The van der Waals surface area contributed by atoms with Crippen molar-refractivity contribution in [2.45, 2.75) is 6.92 Å². The third-order valence-electron chi connectivity index (χ3n) is 2.76. The smallest absolute Gasteiger partial charge is 0.135 e. The largest absolute Gasteiger partial charge is 0.456 e. The Labute approximate surface area is 93.9 Å². The van der Waals surface area contributed by atoms with E-state index in [4.69, 9.17) is 4.42 Å². The summed E-state index contributed by atoms with van der Waals surface area (Å²) < 4.78 is 5.76. The molecule has 0 saturated carbocycles. The van der Waals surface area contributed by atoms with Gasteiger partial charge in [0.25, 0.3) is 0 Å². The summed E-state index contributed by atoms with van der Waals surface area (Å²) in [5.74, 6) is 0. The van der Waals surface area contributed by atoms with E-state index < -0.39 is 0 Å². The topological polar surface area (TPSA) is 25.2 Å². The molecule has 2 nitrogen and oxygen atoms in total. The Balaban J connectivity index is 2.31. The van der Waals surface area contributed by atoms with Crippen LogP contribution in [0.1, 0.15) is 6.92 Å². The van der Waals surface area contributed by atoms with E-state index in [-0.39, 0.29) is 0 Å². The van der Waals surface area contributed by atoms with Crippen LogP contribution in [0.5, 0.6) is 0 Å². The molecule has 3 aromatic rings. The lowest BCUT2D eigenvalue weighted by Gasteiger charge is -2.01. The Hall–Kier alpha value is -1.96. The van der Waals surface area contributed by atoms with E-state index in [9.17, 15) is 0 Å². The van der Waals surface area contributed by atoms with Crippen LogP contribution in [0.3, 0.4) is 0 Å². The number of rotatable bonds is 2. The van der Waals surface area contributed by atoms with Gasteiger partial charge in [-0.15, -0.1) is 0 Å². The summed E-state index contributed by atoms with van der Waals surface area (Å²) in [6.45, 7) is 3.03. The van der Waals surface area contributed by atoms with E-state index in [0.29, 0.717) is 0 Å². The molecule has 2 heteroatoms. The molecule has 0 atom stereocenters. The molecule has 0 aliphatic carbocycles. The van der Waals surface area contributed by atoms with E-state index in [1.54, 1.807) is 0 Å². The van der Waals surface area contributed by atoms with E-state index in [0.717, 1.165) is 23.4 Å². The number of furan rings is 1. The summed E-state index contributed by atoms with van der Waals surface area (Å²) in [7, 11) is 0. The van der Waals surface area contributed by atoms with Crippen LogP contribution in [0.2, 0.25) is 0 Å². The minimum atomic E-state index is 0.932. The Morgan fingerprint density at radius 1 is 1.00 bits per heavy atom. The van der Waals surface area contributed by atoms with Crippen LogP contribution < -0.4 is 5.32 Å². The van der Waals surface area contributed by atoms with Crippen LogP contribution in [0.15, 0.2) is 46.9 Å². The van der Waals surface area contributed by atoms with Crippen LogP contribution in [0.25, 0.3) is 21.9 Å². The highest BCUT2D eigenvalue weighted by atomic mass is 16.3. The van der Waals surface area contributed by atoms with Crippen molar-refractivity contribution in [2.75, 3.05) is 11.9 Å². The number of anilines is 1. The van der Waals surface area contributed by atoms with Crippen molar-refractivity contribution in [1.29, 1.82) is 0 Å². The Morgan fingerprint density at radius 3 is 2.69 bits per heavy atom. The number of para-hydroxylation sites is 1. The highest BCUT2D eigenvalue weighted by Gasteiger charge is 2.05. The molecule has 16 heavy (non-hydrogen) atoms. The molecule has 1 aromatic heterocycles. The third kappa shape index (κ3) is 1.34. The van der Waals surface area contributed by atoms with Gasteiger partial charge in [0.1, 0.15) is 11.2 Å². The highest BCUT2D eigenvalue weighted by molar-refractivity contribution is 6.05. The van der Waals surface area contributed by atoms with E-state index in [1.165, 1.54) is 10.8 Å². The summed E-state index contributed by atoms with van der Waals surface area (Å²) in [6.07, 6.45) is 0. The SMILES string of the molecule is CCNc1ccc2oc3ccccc3c2c1. The summed E-state index contributed by atoms with van der Waals surface area (Å²) >= 11 is 0. The van der Waals surface area contributed by atoms with Gasteiger partial charge in [0.15, 0.2) is 0 Å². The predicted molar refractivity (Wildman–Crippen MR) is 67.9 cm³/mol. The maximum atomic E-state index is 5.76. The standard InChI is InChI=1S/C14H13NO/c1-2-15-10-7-8-14-12(9-10)11-5-3-4-6-13(11)16-14/h3-9,15H,2H2,1H3. The molecule has 2 aromatic carbocycles. The monoisotopic (exact) mass is 211 g/mol. The molecule has 80 valence electrons. The van der Waals surface area contributed by atoms with Crippen molar-refractivity contribution in [1.82, 2.24) is 0 Å². The number of benzene rings is 2. The maximum Gasteiger partial charge on any atom is 0.135 e. The molecule has 0 aliphatic rings. The molecule has 3 rings (SSSR count). The van der Waals surface area contributed by atoms with Gasteiger partial charge in [0.2, 0.25) is 0 Å². The average molecular weight is 211 g/mol. The van der Waals surface area contributed by atoms with Crippen molar-refractivity contribution in [3.05, 3.63) is 42.5 Å². The molecule has 0 fully saturated rings. The number of fused-ring (bicyclic) bond motifs is 3. The second-order valence-electron chi connectivity index (χ2n) is 3.84. The molecule has 0 aliphatic heterocycles. The molecule has 0 unspecified atom stereocenters. The van der Waals surface area contributed by atoms with Crippen LogP contribution in [0.4, 0.5) is 5.69 Å². The first-order valence-corrected chi connectivity index (χ1v) is 5.53. The summed E-state index contributed by atoms with van der Waals surface area (Å²) in [5.41, 5.74) is 3.04. The van der Waals surface area contributed by atoms with Gasteiger partial charge in [-0.3, -0.25) is 0 Å². The molecule has 0 bridgehead atoms. The fourth-order valence-electron chi connectivity index (χ4n) is 2.04. The number of nitrogens with one attached hydrogen (secondary N) is 1. The van der Waals surface area contributed by atoms with Gasteiger partial charge in [-0.1, -0.05) is 18.2 Å². The molecule has 1 N–H and O–H groups in total. The summed E-state index contributed by atoms with van der Waals surface area (Å²) in [5, 5.41) is 5.67. The summed E-state index contributed by atoms with van der Waals surface area (Å²) in [6, 6.07) is 14.3. The van der Waals surface area contributed by atoms with E-state index in [1.807, 2.05) is 30.3 Å². The van der Waals surface area contributed by atoms with Gasteiger partial charge in [-0.05, 0) is 31.2 Å². The van der Waals surface area contributed by atoms with Crippen LogP contribution in [-0.4, -0.2) is 6.54 Å². The molecule has 1 heterocycles. The lowest BCUT2D eigenvalue weighted by molar-refractivity contribution is 0.669. The first-order chi connectivity index (χ1) is 7.88. The van der Waals surface area contributed by atoms with E-state index >= 15 is 0 Å². The van der Waals surface area contributed by atoms with Crippen LogP contribution in [0, 0.1) is 0 Å². The highest BCUT2D eigenvalue weighted by Crippen LogP contribution is 2.30. The molecule has 0 spiro atoms. The summed E-state index contributed by atoms with van der Waals surface area (Å²) in [4.78, 5) is 0. The second kappa shape index (κ2) is 3.56. The predicted octanol–water partition coefficient (Wildman–Crippen LogP) is 4.02. The average Bonchev–Trinajstić information content (AvgIpc) is 2.68. The van der Waals surface area contributed by atoms with E-state index in [2.05, 4.69) is 24.4 Å². The minimum Gasteiger partial charge on any atom is -0.456 e. The normalized spacial score (nSPS) is 11.1. The van der Waals surface area contributed by atoms with Crippen molar-refractivity contribution in [2.24, 2.45) is 0 Å². The number of hydrogen-bond acceptors (Lipinski definition) is 2. The van der Waals surface area contributed by atoms with Gasteiger partial charge in [-0.25, -0.2) is 0 Å². The van der Waals surface area contributed by atoms with Gasteiger partial charge >= 0.3 is 0 Å². The first-order valence-electron chi connectivity index (χ1n) is 5.53. The minimum absolute atomic E-state index is 0.932. The van der Waals surface area contributed by atoms with Crippen molar-refractivity contribution >= 4 is 27.6 Å². The van der Waals surface area contributed by atoms with Gasteiger partial charge in [0, 0.05) is 23.0 Å². The number of hydrogen-bond donors (Lipinski definition) is 1. The lowest BCUT2D eigenvalue weighted by atomic mass is 10.1. The zero-order valence-corrected chi connectivity index (χ0v) is 9.16. The fraction of sp³-hybridized carbons (Fsp3) is 0.143. The molecule has 0 radical (unpaired) electrons. The Bertz CT molecular complexity index is 639. The van der Waals surface area contributed by atoms with Crippen molar-refractivity contribution in [3.63, 3.8) is 0 Å². The van der Waals surface area contributed by atoms with Crippen LogP contribution in [-0.2, 0) is 0 Å². The molecule has 0 amide bonds. The quantitative estimate of drug-likeness (QED) is 0.692. The zero-order chi connectivity index (χ0) is 11.0. The van der Waals surface area contributed by atoms with Crippen molar-refractivity contribution in [3.8, 4) is 0 Å². The van der Waals surface area contributed by atoms with Gasteiger partial charge < -0.3 is 9.73 Å².